The van der Waals surface area contributed by atoms with Crippen molar-refractivity contribution in [3.8, 4) is 11.8 Å². The molecule has 2 aromatic heterocycles. The van der Waals surface area contributed by atoms with E-state index in [0.29, 0.717) is 6.42 Å². The van der Waals surface area contributed by atoms with Crippen molar-refractivity contribution in [3.05, 3.63) is 12.2 Å². The number of ether oxygens (including phenoxy) is 1. The molecule has 7 N–H and O–H groups in total. The number of hydrogen-bond donors (Lipinski definition) is 6. The number of phosphoric acid groups is 2. The van der Waals surface area contributed by atoms with Gasteiger partial charge in [0, 0.05) is 6.42 Å². The highest BCUT2D eigenvalue weighted by molar-refractivity contribution is 7.60. The minimum absolute atomic E-state index is 0.0438. The number of rotatable bonds is 8. The van der Waals surface area contributed by atoms with Gasteiger partial charge >= 0.3 is 15.6 Å². The number of fused-ring (bicyclic) bond motifs is 1. The number of imidazole rings is 1. The minimum Gasteiger partial charge on any atom is -0.387 e. The molecule has 0 aromatic carbocycles. The van der Waals surface area contributed by atoms with Crippen LogP contribution in [-0.2, 0) is 22.7 Å². The Morgan fingerprint density at radius 3 is 2.64 bits per heavy atom. The number of phosphoric ester groups is 1. The summed E-state index contributed by atoms with van der Waals surface area (Å²) in [6, 6.07) is 0. The van der Waals surface area contributed by atoms with Crippen LogP contribution in [0.4, 0.5) is 5.82 Å². The van der Waals surface area contributed by atoms with Crippen molar-refractivity contribution in [2.45, 2.75) is 50.7 Å². The standard InChI is InChI=1S/C16H23N5O10P2/c1-2-3-4-5-6-10-19-14(17)11-15(20-10)21(8-18-11)16-13(23)12(22)9(30-16)7-29-33(27,28)31-32(24,25)26/h8-9,12-13,16,22-23H,2-4,7H2,1H3,(H,27,28)(H2,17,19,20)(H2,24,25,26). The van der Waals surface area contributed by atoms with Crippen molar-refractivity contribution in [2.24, 2.45) is 0 Å². The number of nitrogen functional groups attached to an aromatic ring is 1. The van der Waals surface area contributed by atoms with Crippen LogP contribution in [0.3, 0.4) is 0 Å². The summed E-state index contributed by atoms with van der Waals surface area (Å²) in [4.78, 5) is 39.1. The highest BCUT2D eigenvalue weighted by atomic mass is 31.3. The van der Waals surface area contributed by atoms with E-state index in [1.807, 2.05) is 6.92 Å². The Kier molecular flexibility index (Phi) is 7.87. The van der Waals surface area contributed by atoms with Crippen molar-refractivity contribution in [3.63, 3.8) is 0 Å². The number of nitrogens with two attached hydrogens (primary N) is 1. The Morgan fingerprint density at radius 2 is 1.97 bits per heavy atom. The molecular weight excluding hydrogens is 484 g/mol. The van der Waals surface area contributed by atoms with Gasteiger partial charge in [0.25, 0.3) is 0 Å². The highest BCUT2D eigenvalue weighted by Crippen LogP contribution is 2.57. The van der Waals surface area contributed by atoms with Crippen LogP contribution in [0.5, 0.6) is 0 Å². The van der Waals surface area contributed by atoms with E-state index < -0.39 is 46.8 Å². The number of anilines is 1. The van der Waals surface area contributed by atoms with Crippen LogP contribution in [0.15, 0.2) is 6.33 Å². The van der Waals surface area contributed by atoms with E-state index >= 15 is 0 Å². The van der Waals surface area contributed by atoms with Crippen LogP contribution in [0, 0.1) is 11.8 Å². The number of aromatic nitrogens is 4. The van der Waals surface area contributed by atoms with Crippen molar-refractivity contribution in [1.82, 2.24) is 19.5 Å². The van der Waals surface area contributed by atoms with E-state index in [9.17, 15) is 24.2 Å². The van der Waals surface area contributed by atoms with Crippen molar-refractivity contribution >= 4 is 32.6 Å². The second kappa shape index (κ2) is 10.1. The molecule has 3 heterocycles. The van der Waals surface area contributed by atoms with E-state index in [4.69, 9.17) is 20.3 Å². The summed E-state index contributed by atoms with van der Waals surface area (Å²) >= 11 is 0. The SMILES string of the molecule is CCCCC#Cc1nc(N)c2ncn(C3OC(COP(=O)(O)OP(=O)(O)O)C(O)C3O)c2n1. The van der Waals surface area contributed by atoms with Gasteiger partial charge in [0.15, 0.2) is 17.7 Å². The lowest BCUT2D eigenvalue weighted by molar-refractivity contribution is -0.0503. The molecule has 15 nitrogen and oxygen atoms in total. The van der Waals surface area contributed by atoms with Crippen molar-refractivity contribution in [2.75, 3.05) is 12.3 Å². The number of hydrogen-bond acceptors (Lipinski definition) is 11. The normalized spacial score (nSPS) is 25.0. The lowest BCUT2D eigenvalue weighted by atomic mass is 10.1. The number of nitrogens with zero attached hydrogens (tertiary/aromatic N) is 4. The summed E-state index contributed by atoms with van der Waals surface area (Å²) in [5, 5.41) is 20.7. The molecule has 0 radical (unpaired) electrons. The van der Waals surface area contributed by atoms with Crippen LogP contribution in [0.1, 0.15) is 38.2 Å². The molecule has 0 bridgehead atoms. The molecule has 1 aliphatic heterocycles. The summed E-state index contributed by atoms with van der Waals surface area (Å²) < 4.78 is 37.3. The molecule has 5 atom stereocenters. The zero-order valence-electron chi connectivity index (χ0n) is 17.3. The lowest BCUT2D eigenvalue weighted by Gasteiger charge is -2.17. The quantitative estimate of drug-likeness (QED) is 0.154. The van der Waals surface area contributed by atoms with Crippen LogP contribution in [0.2, 0.25) is 0 Å². The molecule has 33 heavy (non-hydrogen) atoms. The molecule has 0 amide bonds. The predicted molar refractivity (Wildman–Crippen MR) is 111 cm³/mol. The van der Waals surface area contributed by atoms with Gasteiger partial charge in [0.1, 0.15) is 23.8 Å². The van der Waals surface area contributed by atoms with Crippen molar-refractivity contribution < 1.29 is 47.6 Å². The molecule has 0 saturated carbocycles. The minimum atomic E-state index is -5.32. The van der Waals surface area contributed by atoms with Gasteiger partial charge in [0.05, 0.1) is 12.9 Å². The van der Waals surface area contributed by atoms with Crippen LogP contribution in [0.25, 0.3) is 11.2 Å². The summed E-state index contributed by atoms with van der Waals surface area (Å²) in [5.74, 6) is 5.90. The van der Waals surface area contributed by atoms with E-state index in [-0.39, 0.29) is 22.8 Å². The molecule has 5 unspecified atom stereocenters. The zero-order valence-corrected chi connectivity index (χ0v) is 19.0. The van der Waals surface area contributed by atoms with E-state index in [1.165, 1.54) is 10.9 Å². The first-order valence-corrected chi connectivity index (χ1v) is 12.7. The predicted octanol–water partition coefficient (Wildman–Crippen LogP) is -0.204. The average molecular weight is 507 g/mol. The third-order valence-corrected chi connectivity index (χ3v) is 6.68. The molecular formula is C16H23N5O10P2. The Hall–Kier alpha value is -1.95. The van der Waals surface area contributed by atoms with Gasteiger partial charge in [-0.1, -0.05) is 19.3 Å². The third-order valence-electron chi connectivity index (χ3n) is 4.53. The summed E-state index contributed by atoms with van der Waals surface area (Å²) in [6.07, 6.45) is -1.98. The fraction of sp³-hybridized carbons (Fsp3) is 0.562. The molecule has 0 aliphatic carbocycles. The van der Waals surface area contributed by atoms with E-state index in [0.717, 1.165) is 12.8 Å². The van der Waals surface area contributed by atoms with Gasteiger partial charge < -0.3 is 35.4 Å². The van der Waals surface area contributed by atoms with Crippen molar-refractivity contribution in [1.29, 1.82) is 0 Å². The zero-order chi connectivity index (χ0) is 24.4. The fourth-order valence-corrected chi connectivity index (χ4v) is 4.61. The third kappa shape index (κ3) is 6.34. The smallest absolute Gasteiger partial charge is 0.387 e. The van der Waals surface area contributed by atoms with Gasteiger partial charge in [-0.3, -0.25) is 9.09 Å². The number of unbranched alkanes of at least 4 members (excludes halogenated alkanes) is 2. The fourth-order valence-electron chi connectivity index (χ4n) is 3.01. The van der Waals surface area contributed by atoms with Crippen LogP contribution < -0.4 is 5.73 Å². The summed E-state index contributed by atoms with van der Waals surface area (Å²) in [5.41, 5.74) is 6.30. The van der Waals surface area contributed by atoms with E-state index in [2.05, 4.69) is 35.6 Å². The van der Waals surface area contributed by atoms with Gasteiger partial charge in [0.2, 0.25) is 5.82 Å². The monoisotopic (exact) mass is 507 g/mol. The summed E-state index contributed by atoms with van der Waals surface area (Å²) in [6.45, 7) is 1.20. The highest BCUT2D eigenvalue weighted by Gasteiger charge is 2.46. The number of aliphatic hydroxyl groups is 2. The largest absolute Gasteiger partial charge is 0.481 e. The number of aliphatic hydroxyl groups excluding tert-OH is 2. The Bertz CT molecular complexity index is 1160. The van der Waals surface area contributed by atoms with Crippen LogP contribution >= 0.6 is 15.6 Å². The first kappa shape index (κ1) is 25.7. The maximum atomic E-state index is 11.6. The Labute approximate surface area is 187 Å². The maximum Gasteiger partial charge on any atom is 0.481 e. The molecule has 182 valence electrons. The molecule has 2 aromatic rings. The molecule has 3 rings (SSSR count). The van der Waals surface area contributed by atoms with Gasteiger partial charge in [-0.05, 0) is 12.3 Å². The molecule has 0 spiro atoms. The lowest BCUT2D eigenvalue weighted by Crippen LogP contribution is -2.33. The Morgan fingerprint density at radius 1 is 1.24 bits per heavy atom. The van der Waals surface area contributed by atoms with Crippen LogP contribution in [-0.4, -0.2) is 69.3 Å². The van der Waals surface area contributed by atoms with E-state index in [1.54, 1.807) is 0 Å². The van der Waals surface area contributed by atoms with Gasteiger partial charge in [-0.25, -0.2) is 24.1 Å². The topological polar surface area (TPSA) is 233 Å². The summed E-state index contributed by atoms with van der Waals surface area (Å²) in [7, 11) is -10.5. The Balaban J connectivity index is 1.80. The average Bonchev–Trinajstić information content (AvgIpc) is 3.24. The van der Waals surface area contributed by atoms with Gasteiger partial charge in [-0.15, -0.1) is 0 Å². The molecule has 17 heteroatoms. The first-order valence-electron chi connectivity index (χ1n) is 9.66. The molecule has 1 fully saturated rings. The second-order valence-corrected chi connectivity index (χ2v) is 9.87. The molecule has 1 aliphatic rings. The van der Waals surface area contributed by atoms with Gasteiger partial charge in [-0.2, -0.15) is 4.31 Å². The molecule has 1 saturated heterocycles. The first-order chi connectivity index (χ1) is 15.4. The second-order valence-electron chi connectivity index (χ2n) is 7.04. The maximum absolute atomic E-state index is 11.6.